The third kappa shape index (κ3) is 4.32. The van der Waals surface area contributed by atoms with Gasteiger partial charge in [-0.1, -0.05) is 19.9 Å². The molecule has 0 aliphatic carbocycles. The summed E-state index contributed by atoms with van der Waals surface area (Å²) in [5.74, 6) is -1.48. The van der Waals surface area contributed by atoms with E-state index in [0.717, 1.165) is 6.07 Å². The van der Waals surface area contributed by atoms with Gasteiger partial charge in [-0.05, 0) is 19.9 Å². The first-order chi connectivity index (χ1) is 11.8. The molecule has 2 amide bonds. The minimum Gasteiger partial charge on any atom is -0.341 e. The van der Waals surface area contributed by atoms with Gasteiger partial charge in [0.25, 0.3) is 0 Å². The smallest absolute Gasteiger partial charge is 0.236 e. The Labute approximate surface area is 151 Å². The van der Waals surface area contributed by atoms with E-state index in [2.05, 4.69) is 0 Å². The van der Waals surface area contributed by atoms with Crippen LogP contribution in [-0.2, 0) is 9.59 Å². The molecule has 1 heterocycles. The maximum atomic E-state index is 14.2. The van der Waals surface area contributed by atoms with E-state index in [1.807, 2.05) is 20.8 Å². The molecule has 7 heteroatoms. The SMILES string of the molecule is CCN(CCN1C(=O)C(C)SC1c1ccc(F)cc1F)C(=O)C(C)C. The second kappa shape index (κ2) is 8.17. The van der Waals surface area contributed by atoms with Gasteiger partial charge >= 0.3 is 0 Å². The van der Waals surface area contributed by atoms with Gasteiger partial charge < -0.3 is 9.80 Å². The van der Waals surface area contributed by atoms with E-state index >= 15 is 0 Å². The third-order valence-electron chi connectivity index (χ3n) is 4.27. The van der Waals surface area contributed by atoms with Crippen LogP contribution in [0.5, 0.6) is 0 Å². The van der Waals surface area contributed by atoms with Gasteiger partial charge in [0, 0.05) is 37.2 Å². The second-order valence-corrected chi connectivity index (χ2v) is 7.83. The summed E-state index contributed by atoms with van der Waals surface area (Å²) >= 11 is 1.34. The zero-order valence-electron chi connectivity index (χ0n) is 15.0. The Morgan fingerprint density at radius 2 is 2.04 bits per heavy atom. The van der Waals surface area contributed by atoms with Gasteiger partial charge in [-0.3, -0.25) is 9.59 Å². The van der Waals surface area contributed by atoms with Gasteiger partial charge in [0.2, 0.25) is 11.8 Å². The molecule has 0 N–H and O–H groups in total. The molecule has 1 aromatic carbocycles. The van der Waals surface area contributed by atoms with E-state index in [9.17, 15) is 18.4 Å². The van der Waals surface area contributed by atoms with E-state index in [1.54, 1.807) is 16.7 Å². The first-order valence-electron chi connectivity index (χ1n) is 8.45. The number of halogens is 2. The van der Waals surface area contributed by atoms with E-state index in [0.29, 0.717) is 25.2 Å². The monoisotopic (exact) mass is 370 g/mol. The van der Waals surface area contributed by atoms with Gasteiger partial charge in [0.1, 0.15) is 17.0 Å². The van der Waals surface area contributed by atoms with Crippen LogP contribution in [0.2, 0.25) is 0 Å². The van der Waals surface area contributed by atoms with Crippen molar-refractivity contribution >= 4 is 23.6 Å². The summed E-state index contributed by atoms with van der Waals surface area (Å²) in [5.41, 5.74) is 0.294. The number of hydrogen-bond acceptors (Lipinski definition) is 3. The highest BCUT2D eigenvalue weighted by Crippen LogP contribution is 2.43. The van der Waals surface area contributed by atoms with Crippen molar-refractivity contribution in [3.63, 3.8) is 0 Å². The fraction of sp³-hybridized carbons (Fsp3) is 0.556. The molecule has 2 atom stereocenters. The summed E-state index contributed by atoms with van der Waals surface area (Å²) < 4.78 is 27.4. The lowest BCUT2D eigenvalue weighted by Crippen LogP contribution is -2.42. The summed E-state index contributed by atoms with van der Waals surface area (Å²) in [7, 11) is 0. The highest BCUT2D eigenvalue weighted by atomic mass is 32.2. The molecule has 1 fully saturated rings. The van der Waals surface area contributed by atoms with Crippen LogP contribution in [0.4, 0.5) is 8.78 Å². The normalized spacial score (nSPS) is 20.4. The number of carbonyl (C=O) groups is 2. The molecule has 1 aliphatic heterocycles. The third-order valence-corrected chi connectivity index (χ3v) is 5.65. The predicted octanol–water partition coefficient (Wildman–Crippen LogP) is 3.43. The molecular weight excluding hydrogens is 346 g/mol. The van der Waals surface area contributed by atoms with Crippen LogP contribution in [0.15, 0.2) is 18.2 Å². The average Bonchev–Trinajstić information content (AvgIpc) is 2.83. The predicted molar refractivity (Wildman–Crippen MR) is 95.0 cm³/mol. The number of rotatable bonds is 6. The summed E-state index contributed by atoms with van der Waals surface area (Å²) in [5, 5.41) is -0.804. The minimum absolute atomic E-state index is 0.0272. The van der Waals surface area contributed by atoms with Crippen LogP contribution in [0.1, 0.15) is 38.6 Å². The van der Waals surface area contributed by atoms with Crippen molar-refractivity contribution < 1.29 is 18.4 Å². The van der Waals surface area contributed by atoms with Crippen molar-refractivity contribution in [3.05, 3.63) is 35.4 Å². The van der Waals surface area contributed by atoms with Gasteiger partial charge in [-0.25, -0.2) is 8.78 Å². The number of carbonyl (C=O) groups excluding carboxylic acids is 2. The molecule has 0 radical (unpaired) electrons. The molecule has 0 saturated carbocycles. The molecule has 4 nitrogen and oxygen atoms in total. The molecule has 1 saturated heterocycles. The summed E-state index contributed by atoms with van der Waals surface area (Å²) in [6.45, 7) is 8.60. The van der Waals surface area contributed by atoms with Crippen LogP contribution in [0.25, 0.3) is 0 Å². The molecule has 1 aromatic rings. The molecule has 25 heavy (non-hydrogen) atoms. The van der Waals surface area contributed by atoms with Crippen molar-refractivity contribution in [1.82, 2.24) is 9.80 Å². The average molecular weight is 370 g/mol. The standard InChI is InChI=1S/C18H24F2N2O2S/c1-5-21(16(23)11(2)3)8-9-22-17(24)12(4)25-18(22)14-7-6-13(19)10-15(14)20/h6-7,10-12,18H,5,8-9H2,1-4H3. The Kier molecular flexibility index (Phi) is 6.43. The number of likely N-dealkylation sites (N-methyl/N-ethyl adjacent to an activating group) is 1. The number of hydrogen-bond donors (Lipinski definition) is 0. The topological polar surface area (TPSA) is 40.6 Å². The minimum atomic E-state index is -0.657. The van der Waals surface area contributed by atoms with Crippen molar-refractivity contribution in [2.24, 2.45) is 5.92 Å². The van der Waals surface area contributed by atoms with Crippen LogP contribution in [-0.4, -0.2) is 46.5 Å². The maximum absolute atomic E-state index is 14.2. The van der Waals surface area contributed by atoms with Crippen molar-refractivity contribution in [2.45, 2.75) is 38.3 Å². The fourth-order valence-corrected chi connectivity index (χ4v) is 4.19. The number of amides is 2. The molecule has 0 spiro atoms. The second-order valence-electron chi connectivity index (χ2n) is 6.40. The highest BCUT2D eigenvalue weighted by Gasteiger charge is 2.39. The largest absolute Gasteiger partial charge is 0.341 e. The summed E-state index contributed by atoms with van der Waals surface area (Å²) in [6.07, 6.45) is 0. The van der Waals surface area contributed by atoms with E-state index in [4.69, 9.17) is 0 Å². The van der Waals surface area contributed by atoms with Crippen molar-refractivity contribution in [2.75, 3.05) is 19.6 Å². The molecule has 138 valence electrons. The van der Waals surface area contributed by atoms with Crippen LogP contribution >= 0.6 is 11.8 Å². The van der Waals surface area contributed by atoms with Crippen LogP contribution < -0.4 is 0 Å². The van der Waals surface area contributed by atoms with E-state index in [1.165, 1.54) is 23.9 Å². The lowest BCUT2D eigenvalue weighted by atomic mass is 10.1. The molecule has 0 aromatic heterocycles. The quantitative estimate of drug-likeness (QED) is 0.770. The summed E-state index contributed by atoms with van der Waals surface area (Å²) in [6, 6.07) is 3.42. The zero-order valence-corrected chi connectivity index (χ0v) is 15.8. The number of nitrogens with zero attached hydrogens (tertiary/aromatic N) is 2. The Morgan fingerprint density at radius 1 is 1.36 bits per heavy atom. The van der Waals surface area contributed by atoms with Crippen molar-refractivity contribution in [3.8, 4) is 0 Å². The van der Waals surface area contributed by atoms with E-state index in [-0.39, 0.29) is 23.0 Å². The van der Waals surface area contributed by atoms with Crippen LogP contribution in [0, 0.1) is 17.6 Å². The maximum Gasteiger partial charge on any atom is 0.236 e. The first-order valence-corrected chi connectivity index (χ1v) is 9.40. The Morgan fingerprint density at radius 3 is 2.60 bits per heavy atom. The van der Waals surface area contributed by atoms with Gasteiger partial charge in [0.05, 0.1) is 5.25 Å². The van der Waals surface area contributed by atoms with Gasteiger partial charge in [-0.2, -0.15) is 0 Å². The molecule has 2 unspecified atom stereocenters. The Hall–Kier alpha value is -1.63. The van der Waals surface area contributed by atoms with E-state index < -0.39 is 17.0 Å². The van der Waals surface area contributed by atoms with Gasteiger partial charge in [0.15, 0.2) is 0 Å². The lowest BCUT2D eigenvalue weighted by Gasteiger charge is -2.29. The first kappa shape index (κ1) is 19.7. The number of thioether (sulfide) groups is 1. The molecule has 2 rings (SSSR count). The Bertz CT molecular complexity index is 654. The fourth-order valence-electron chi connectivity index (χ4n) is 2.86. The zero-order chi connectivity index (χ0) is 18.7. The van der Waals surface area contributed by atoms with Crippen LogP contribution in [0.3, 0.4) is 0 Å². The molecule has 0 bridgehead atoms. The highest BCUT2D eigenvalue weighted by molar-refractivity contribution is 8.01. The number of benzene rings is 1. The molecule has 1 aliphatic rings. The lowest BCUT2D eigenvalue weighted by molar-refractivity contribution is -0.136. The summed E-state index contributed by atoms with van der Waals surface area (Å²) in [4.78, 5) is 27.9. The Balaban J connectivity index is 2.18. The van der Waals surface area contributed by atoms with Crippen molar-refractivity contribution in [1.29, 1.82) is 0 Å². The molecular formula is C18H24F2N2O2S. The van der Waals surface area contributed by atoms with Gasteiger partial charge in [-0.15, -0.1) is 11.8 Å².